The van der Waals surface area contributed by atoms with E-state index in [-0.39, 0.29) is 5.82 Å². The van der Waals surface area contributed by atoms with Gasteiger partial charge in [-0.15, -0.1) is 0 Å². The second-order valence-corrected chi connectivity index (χ2v) is 4.18. The smallest absolute Gasteiger partial charge is 0.136 e. The summed E-state index contributed by atoms with van der Waals surface area (Å²) in [6, 6.07) is 10.3. The molecule has 0 aliphatic carbocycles. The van der Waals surface area contributed by atoms with Crippen molar-refractivity contribution in [3.63, 3.8) is 0 Å². The number of anilines is 1. The SMILES string of the molecule is CCCNc1cccc(-c2ccc(OC)cc2F)n1. The molecule has 2 aromatic rings. The normalized spacial score (nSPS) is 10.3. The minimum atomic E-state index is -0.334. The van der Waals surface area contributed by atoms with Crippen LogP contribution >= 0.6 is 0 Å². The van der Waals surface area contributed by atoms with Crippen LogP contribution in [0, 0.1) is 5.82 Å². The van der Waals surface area contributed by atoms with Crippen molar-refractivity contribution in [1.82, 2.24) is 4.98 Å². The van der Waals surface area contributed by atoms with Gasteiger partial charge in [-0.3, -0.25) is 0 Å². The first kappa shape index (κ1) is 13.3. The molecule has 0 amide bonds. The van der Waals surface area contributed by atoms with E-state index in [0.717, 1.165) is 18.8 Å². The molecule has 0 saturated carbocycles. The molecule has 0 saturated heterocycles. The number of hydrogen-bond donors (Lipinski definition) is 1. The zero-order chi connectivity index (χ0) is 13.7. The third kappa shape index (κ3) is 3.22. The van der Waals surface area contributed by atoms with Crippen LogP contribution in [-0.4, -0.2) is 18.6 Å². The second kappa shape index (κ2) is 6.18. The summed E-state index contributed by atoms with van der Waals surface area (Å²) in [5.74, 6) is 0.926. The average molecular weight is 260 g/mol. The highest BCUT2D eigenvalue weighted by atomic mass is 19.1. The van der Waals surface area contributed by atoms with E-state index in [9.17, 15) is 4.39 Å². The van der Waals surface area contributed by atoms with Crippen LogP contribution in [0.4, 0.5) is 10.2 Å². The fourth-order valence-corrected chi connectivity index (χ4v) is 1.77. The molecular formula is C15H17FN2O. The van der Waals surface area contributed by atoms with E-state index in [1.807, 2.05) is 12.1 Å². The van der Waals surface area contributed by atoms with Crippen molar-refractivity contribution in [2.75, 3.05) is 19.0 Å². The first-order valence-corrected chi connectivity index (χ1v) is 6.29. The van der Waals surface area contributed by atoms with Gasteiger partial charge in [0, 0.05) is 18.2 Å². The minimum Gasteiger partial charge on any atom is -0.497 e. The molecule has 3 nitrogen and oxygen atoms in total. The lowest BCUT2D eigenvalue weighted by molar-refractivity contribution is 0.411. The Balaban J connectivity index is 2.30. The van der Waals surface area contributed by atoms with E-state index in [0.29, 0.717) is 17.0 Å². The zero-order valence-corrected chi connectivity index (χ0v) is 11.1. The Labute approximate surface area is 112 Å². The molecule has 1 N–H and O–H groups in total. The van der Waals surface area contributed by atoms with Gasteiger partial charge in [0.05, 0.1) is 12.8 Å². The molecule has 0 atom stereocenters. The van der Waals surface area contributed by atoms with Crippen LogP contribution in [0.5, 0.6) is 5.75 Å². The highest BCUT2D eigenvalue weighted by Gasteiger charge is 2.08. The summed E-state index contributed by atoms with van der Waals surface area (Å²) in [6.07, 6.45) is 1.02. The number of hydrogen-bond acceptors (Lipinski definition) is 3. The molecule has 0 aliphatic rings. The number of benzene rings is 1. The Morgan fingerprint density at radius 2 is 2.11 bits per heavy atom. The van der Waals surface area contributed by atoms with Crippen LogP contribution in [0.15, 0.2) is 36.4 Å². The minimum absolute atomic E-state index is 0.334. The van der Waals surface area contributed by atoms with Gasteiger partial charge in [-0.2, -0.15) is 0 Å². The monoisotopic (exact) mass is 260 g/mol. The molecule has 0 aliphatic heterocycles. The lowest BCUT2D eigenvalue weighted by Gasteiger charge is -2.08. The molecule has 19 heavy (non-hydrogen) atoms. The molecule has 1 aromatic carbocycles. The van der Waals surface area contributed by atoms with Gasteiger partial charge in [0.15, 0.2) is 0 Å². The van der Waals surface area contributed by atoms with E-state index in [2.05, 4.69) is 17.2 Å². The average Bonchev–Trinajstić information content (AvgIpc) is 2.45. The third-order valence-corrected chi connectivity index (χ3v) is 2.76. The van der Waals surface area contributed by atoms with Crippen molar-refractivity contribution in [2.45, 2.75) is 13.3 Å². The second-order valence-electron chi connectivity index (χ2n) is 4.18. The number of aromatic nitrogens is 1. The molecular weight excluding hydrogens is 243 g/mol. The highest BCUT2D eigenvalue weighted by molar-refractivity contribution is 5.63. The van der Waals surface area contributed by atoms with E-state index < -0.39 is 0 Å². The van der Waals surface area contributed by atoms with Crippen LogP contribution in [0.3, 0.4) is 0 Å². The fraction of sp³-hybridized carbons (Fsp3) is 0.267. The van der Waals surface area contributed by atoms with E-state index in [1.54, 1.807) is 18.2 Å². The Morgan fingerprint density at radius 3 is 2.79 bits per heavy atom. The number of pyridine rings is 1. The standard InChI is InChI=1S/C15H17FN2O/c1-3-9-17-15-6-4-5-14(18-15)12-8-7-11(19-2)10-13(12)16/h4-8,10H,3,9H2,1-2H3,(H,17,18). The Morgan fingerprint density at radius 1 is 1.26 bits per heavy atom. The summed E-state index contributed by atoms with van der Waals surface area (Å²) in [6.45, 7) is 2.93. The Hall–Kier alpha value is -2.10. The molecule has 1 heterocycles. The molecule has 0 radical (unpaired) electrons. The topological polar surface area (TPSA) is 34.1 Å². The van der Waals surface area contributed by atoms with Crippen LogP contribution < -0.4 is 10.1 Å². The van der Waals surface area contributed by atoms with Crippen molar-refractivity contribution in [3.8, 4) is 17.0 Å². The quantitative estimate of drug-likeness (QED) is 0.889. The van der Waals surface area contributed by atoms with Gasteiger partial charge in [-0.05, 0) is 30.7 Å². The number of halogens is 1. The highest BCUT2D eigenvalue weighted by Crippen LogP contribution is 2.25. The summed E-state index contributed by atoms with van der Waals surface area (Å²) in [5, 5.41) is 3.19. The summed E-state index contributed by atoms with van der Waals surface area (Å²) >= 11 is 0. The molecule has 0 spiro atoms. The number of ether oxygens (including phenoxy) is 1. The van der Waals surface area contributed by atoms with Gasteiger partial charge < -0.3 is 10.1 Å². The molecule has 1 aromatic heterocycles. The summed E-state index contributed by atoms with van der Waals surface area (Å²) in [7, 11) is 1.52. The molecule has 100 valence electrons. The fourth-order valence-electron chi connectivity index (χ4n) is 1.77. The van der Waals surface area contributed by atoms with Gasteiger partial charge in [-0.1, -0.05) is 13.0 Å². The van der Waals surface area contributed by atoms with Gasteiger partial charge in [0.2, 0.25) is 0 Å². The number of nitrogens with one attached hydrogen (secondary N) is 1. The van der Waals surface area contributed by atoms with E-state index in [1.165, 1.54) is 13.2 Å². The lowest BCUT2D eigenvalue weighted by Crippen LogP contribution is -2.02. The van der Waals surface area contributed by atoms with Crippen LogP contribution in [0.1, 0.15) is 13.3 Å². The maximum absolute atomic E-state index is 14.0. The Bertz CT molecular complexity index is 558. The van der Waals surface area contributed by atoms with E-state index in [4.69, 9.17) is 4.74 Å². The summed E-state index contributed by atoms with van der Waals surface area (Å²) in [5.41, 5.74) is 1.09. The predicted octanol–water partition coefficient (Wildman–Crippen LogP) is 3.72. The van der Waals surface area contributed by atoms with Crippen molar-refractivity contribution < 1.29 is 9.13 Å². The largest absolute Gasteiger partial charge is 0.497 e. The maximum atomic E-state index is 14.0. The van der Waals surface area contributed by atoms with Crippen molar-refractivity contribution in [3.05, 3.63) is 42.2 Å². The van der Waals surface area contributed by atoms with Crippen LogP contribution in [-0.2, 0) is 0 Å². The number of rotatable bonds is 5. The van der Waals surface area contributed by atoms with Crippen LogP contribution in [0.25, 0.3) is 11.3 Å². The summed E-state index contributed by atoms with van der Waals surface area (Å²) < 4.78 is 19.0. The number of methoxy groups -OCH3 is 1. The first-order valence-electron chi connectivity index (χ1n) is 6.29. The molecule has 2 rings (SSSR count). The zero-order valence-electron chi connectivity index (χ0n) is 11.1. The predicted molar refractivity (Wildman–Crippen MR) is 75.0 cm³/mol. The van der Waals surface area contributed by atoms with E-state index >= 15 is 0 Å². The van der Waals surface area contributed by atoms with Crippen molar-refractivity contribution >= 4 is 5.82 Å². The van der Waals surface area contributed by atoms with Gasteiger partial charge in [-0.25, -0.2) is 9.37 Å². The third-order valence-electron chi connectivity index (χ3n) is 2.76. The van der Waals surface area contributed by atoms with Crippen molar-refractivity contribution in [2.24, 2.45) is 0 Å². The summed E-state index contributed by atoms with van der Waals surface area (Å²) in [4.78, 5) is 4.40. The molecule has 0 unspecified atom stereocenters. The molecule has 0 bridgehead atoms. The molecule has 4 heteroatoms. The van der Waals surface area contributed by atoms with Crippen LogP contribution in [0.2, 0.25) is 0 Å². The lowest BCUT2D eigenvalue weighted by atomic mass is 10.1. The first-order chi connectivity index (χ1) is 9.24. The van der Waals surface area contributed by atoms with Crippen molar-refractivity contribution in [1.29, 1.82) is 0 Å². The number of nitrogens with zero attached hydrogens (tertiary/aromatic N) is 1. The van der Waals surface area contributed by atoms with Gasteiger partial charge >= 0.3 is 0 Å². The Kier molecular flexibility index (Phi) is 4.34. The maximum Gasteiger partial charge on any atom is 0.136 e. The van der Waals surface area contributed by atoms with Gasteiger partial charge in [0.1, 0.15) is 17.4 Å². The molecule has 0 fully saturated rings. The van der Waals surface area contributed by atoms with Gasteiger partial charge in [0.25, 0.3) is 0 Å².